The van der Waals surface area contributed by atoms with E-state index in [2.05, 4.69) is 54.6 Å². The van der Waals surface area contributed by atoms with Crippen molar-refractivity contribution in [1.29, 1.82) is 0 Å². The molecule has 4 nitrogen and oxygen atoms in total. The third-order valence-electron chi connectivity index (χ3n) is 2.85. The summed E-state index contributed by atoms with van der Waals surface area (Å²) in [6.07, 6.45) is 1.92. The second-order valence-electron chi connectivity index (χ2n) is 5.53. The van der Waals surface area contributed by atoms with Crippen molar-refractivity contribution in [2.75, 3.05) is 5.32 Å². The van der Waals surface area contributed by atoms with Crippen LogP contribution in [0.2, 0.25) is 0 Å². The molecular weight excluding hydrogens is 224 g/mol. The largest absolute Gasteiger partial charge is 0.379 e. The Morgan fingerprint density at radius 1 is 1.22 bits per heavy atom. The Bertz CT molecular complexity index is 523. The Balaban J connectivity index is 2.14. The minimum atomic E-state index is 0.131. The lowest BCUT2D eigenvalue weighted by Crippen LogP contribution is -2.14. The molecule has 0 atom stereocenters. The summed E-state index contributed by atoms with van der Waals surface area (Å²) in [5.74, 6) is 0. The minimum absolute atomic E-state index is 0.131. The summed E-state index contributed by atoms with van der Waals surface area (Å²) in [5.41, 5.74) is 3.55. The number of aromatic nitrogens is 3. The molecule has 0 aliphatic rings. The summed E-state index contributed by atoms with van der Waals surface area (Å²) in [5, 5.41) is 11.4. The van der Waals surface area contributed by atoms with E-state index in [0.29, 0.717) is 6.54 Å². The molecule has 0 radical (unpaired) electrons. The highest BCUT2D eigenvalue weighted by Crippen LogP contribution is 2.29. The molecule has 0 spiro atoms. The smallest absolute Gasteiger partial charge is 0.102 e. The lowest BCUT2D eigenvalue weighted by molar-refractivity contribution is 0.591. The number of aryl methyl sites for hydroxylation is 1. The summed E-state index contributed by atoms with van der Waals surface area (Å²) >= 11 is 0. The van der Waals surface area contributed by atoms with E-state index in [1.54, 1.807) is 4.68 Å². The summed E-state index contributed by atoms with van der Waals surface area (Å²) in [6.45, 7) is 7.35. The van der Waals surface area contributed by atoms with Crippen LogP contribution >= 0.6 is 0 Å². The molecule has 18 heavy (non-hydrogen) atoms. The van der Waals surface area contributed by atoms with Crippen LogP contribution in [0.4, 0.5) is 5.69 Å². The second-order valence-corrected chi connectivity index (χ2v) is 5.53. The molecule has 2 aromatic rings. The maximum Gasteiger partial charge on any atom is 0.102 e. The van der Waals surface area contributed by atoms with Crippen LogP contribution in [0.3, 0.4) is 0 Å². The summed E-state index contributed by atoms with van der Waals surface area (Å²) in [6, 6.07) is 8.40. The zero-order chi connectivity index (χ0) is 13.2. The van der Waals surface area contributed by atoms with Gasteiger partial charge < -0.3 is 5.32 Å². The fourth-order valence-corrected chi connectivity index (χ4v) is 1.95. The van der Waals surface area contributed by atoms with E-state index in [0.717, 1.165) is 11.4 Å². The van der Waals surface area contributed by atoms with E-state index in [1.807, 2.05) is 19.3 Å². The molecule has 2 rings (SSSR count). The number of para-hydroxylation sites is 1. The first-order chi connectivity index (χ1) is 8.47. The summed E-state index contributed by atoms with van der Waals surface area (Å²) in [7, 11) is 1.87. The van der Waals surface area contributed by atoms with Gasteiger partial charge in [0.1, 0.15) is 5.69 Å². The van der Waals surface area contributed by atoms with Crippen LogP contribution < -0.4 is 5.32 Å². The summed E-state index contributed by atoms with van der Waals surface area (Å²) in [4.78, 5) is 0. The van der Waals surface area contributed by atoms with Gasteiger partial charge in [-0.2, -0.15) is 0 Å². The number of nitrogens with one attached hydrogen (secondary N) is 1. The van der Waals surface area contributed by atoms with E-state index in [4.69, 9.17) is 0 Å². The molecule has 4 heteroatoms. The first-order valence-electron chi connectivity index (χ1n) is 6.15. The quantitative estimate of drug-likeness (QED) is 0.902. The van der Waals surface area contributed by atoms with Crippen LogP contribution in [0.15, 0.2) is 30.5 Å². The van der Waals surface area contributed by atoms with Gasteiger partial charge in [-0.25, -0.2) is 0 Å². The van der Waals surface area contributed by atoms with E-state index in [9.17, 15) is 0 Å². The van der Waals surface area contributed by atoms with Gasteiger partial charge in [0, 0.05) is 18.9 Å². The maximum absolute atomic E-state index is 4.07. The van der Waals surface area contributed by atoms with E-state index in [1.165, 1.54) is 5.56 Å². The number of benzene rings is 1. The zero-order valence-corrected chi connectivity index (χ0v) is 11.4. The van der Waals surface area contributed by atoms with Crippen LogP contribution in [-0.4, -0.2) is 15.0 Å². The van der Waals surface area contributed by atoms with Crippen molar-refractivity contribution >= 4 is 5.69 Å². The molecule has 1 heterocycles. The number of nitrogens with zero attached hydrogens (tertiary/aromatic N) is 3. The van der Waals surface area contributed by atoms with Crippen molar-refractivity contribution in [3.63, 3.8) is 0 Å². The molecule has 96 valence electrons. The molecule has 0 fully saturated rings. The molecule has 0 saturated heterocycles. The van der Waals surface area contributed by atoms with Gasteiger partial charge in [-0.05, 0) is 17.0 Å². The van der Waals surface area contributed by atoms with Gasteiger partial charge in [-0.1, -0.05) is 44.2 Å². The minimum Gasteiger partial charge on any atom is -0.379 e. The van der Waals surface area contributed by atoms with Crippen molar-refractivity contribution in [2.45, 2.75) is 32.7 Å². The van der Waals surface area contributed by atoms with Gasteiger partial charge in [-0.3, -0.25) is 4.68 Å². The van der Waals surface area contributed by atoms with Gasteiger partial charge in [0.2, 0.25) is 0 Å². The standard InChI is InChI=1S/C14H20N4/c1-14(2,3)12-7-5-6-8-13(12)15-9-11-10-18(4)17-16-11/h5-8,10,15H,9H2,1-4H3. The normalized spacial score (nSPS) is 11.6. The molecule has 0 aliphatic carbocycles. The van der Waals surface area contributed by atoms with Crippen molar-refractivity contribution in [3.8, 4) is 0 Å². The number of rotatable bonds is 3. The van der Waals surface area contributed by atoms with Gasteiger partial charge in [0.25, 0.3) is 0 Å². The second kappa shape index (κ2) is 4.80. The third kappa shape index (κ3) is 2.88. The molecule has 1 aromatic carbocycles. The van der Waals surface area contributed by atoms with Crippen LogP contribution in [0.5, 0.6) is 0 Å². The van der Waals surface area contributed by atoms with Crippen LogP contribution in [0.25, 0.3) is 0 Å². The monoisotopic (exact) mass is 244 g/mol. The van der Waals surface area contributed by atoms with Crippen molar-refractivity contribution in [3.05, 3.63) is 41.7 Å². The fraction of sp³-hybridized carbons (Fsp3) is 0.429. The van der Waals surface area contributed by atoms with Crippen molar-refractivity contribution in [2.24, 2.45) is 7.05 Å². The third-order valence-corrected chi connectivity index (χ3v) is 2.85. The molecular formula is C14H20N4. The van der Waals surface area contributed by atoms with Crippen molar-refractivity contribution < 1.29 is 0 Å². The Hall–Kier alpha value is -1.84. The summed E-state index contributed by atoms with van der Waals surface area (Å²) < 4.78 is 1.71. The number of hydrogen-bond acceptors (Lipinski definition) is 3. The molecule has 0 amide bonds. The fourth-order valence-electron chi connectivity index (χ4n) is 1.95. The van der Waals surface area contributed by atoms with E-state index < -0.39 is 0 Å². The van der Waals surface area contributed by atoms with Crippen molar-refractivity contribution in [1.82, 2.24) is 15.0 Å². The molecule has 0 aliphatic heterocycles. The first-order valence-corrected chi connectivity index (χ1v) is 6.15. The average Bonchev–Trinajstić information content (AvgIpc) is 2.72. The lowest BCUT2D eigenvalue weighted by atomic mass is 9.86. The Morgan fingerprint density at radius 3 is 2.56 bits per heavy atom. The highest BCUT2D eigenvalue weighted by Gasteiger charge is 2.17. The predicted octanol–water partition coefficient (Wildman–Crippen LogP) is 2.72. The molecule has 0 bridgehead atoms. The first kappa shape index (κ1) is 12.6. The van der Waals surface area contributed by atoms with Crippen LogP contribution in [0.1, 0.15) is 32.0 Å². The van der Waals surface area contributed by atoms with Gasteiger partial charge in [0.05, 0.1) is 6.54 Å². The number of hydrogen-bond donors (Lipinski definition) is 1. The van der Waals surface area contributed by atoms with Gasteiger partial charge in [0.15, 0.2) is 0 Å². The van der Waals surface area contributed by atoms with Gasteiger partial charge in [-0.15, -0.1) is 5.10 Å². The highest BCUT2D eigenvalue weighted by molar-refractivity contribution is 5.54. The average molecular weight is 244 g/mol. The SMILES string of the molecule is Cn1cc(CNc2ccccc2C(C)(C)C)nn1. The number of anilines is 1. The Labute approximate surface area is 108 Å². The van der Waals surface area contributed by atoms with Gasteiger partial charge >= 0.3 is 0 Å². The predicted molar refractivity (Wildman–Crippen MR) is 73.5 cm³/mol. The molecule has 0 saturated carbocycles. The van der Waals surface area contributed by atoms with E-state index in [-0.39, 0.29) is 5.41 Å². The maximum atomic E-state index is 4.07. The Kier molecular flexibility index (Phi) is 3.36. The molecule has 1 N–H and O–H groups in total. The van der Waals surface area contributed by atoms with E-state index >= 15 is 0 Å². The highest BCUT2D eigenvalue weighted by atomic mass is 15.4. The topological polar surface area (TPSA) is 42.7 Å². The molecule has 1 aromatic heterocycles. The van der Waals surface area contributed by atoms with Crippen LogP contribution in [0, 0.1) is 0 Å². The Morgan fingerprint density at radius 2 is 1.94 bits per heavy atom. The lowest BCUT2D eigenvalue weighted by Gasteiger charge is -2.23. The van der Waals surface area contributed by atoms with Crippen LogP contribution in [-0.2, 0) is 19.0 Å². The molecule has 0 unspecified atom stereocenters. The zero-order valence-electron chi connectivity index (χ0n) is 11.4.